The summed E-state index contributed by atoms with van der Waals surface area (Å²) in [5.41, 5.74) is 8.08. The van der Waals surface area contributed by atoms with Crippen LogP contribution in [0.15, 0.2) is 34.2 Å². The highest BCUT2D eigenvalue weighted by molar-refractivity contribution is 7.98. The Morgan fingerprint density at radius 2 is 2.20 bits per heavy atom. The van der Waals surface area contributed by atoms with Gasteiger partial charge in [-0.15, -0.1) is 0 Å². The van der Waals surface area contributed by atoms with E-state index in [1.54, 1.807) is 12.1 Å². The molecule has 0 aliphatic heterocycles. The molecule has 4 nitrogen and oxygen atoms in total. The van der Waals surface area contributed by atoms with Crippen LogP contribution in [0, 0.1) is 0 Å². The average molecular weight is 310 g/mol. The zero-order valence-corrected chi connectivity index (χ0v) is 12.7. The van der Waals surface area contributed by atoms with Crippen molar-refractivity contribution in [2.45, 2.75) is 30.7 Å². The van der Waals surface area contributed by atoms with E-state index >= 15 is 0 Å². The van der Waals surface area contributed by atoms with Gasteiger partial charge in [-0.2, -0.15) is 0 Å². The summed E-state index contributed by atoms with van der Waals surface area (Å²) in [6.07, 6.45) is 1.78. The first kappa shape index (κ1) is 14.9. The van der Waals surface area contributed by atoms with Gasteiger partial charge in [0.15, 0.2) is 5.16 Å². The van der Waals surface area contributed by atoms with E-state index in [9.17, 15) is 4.79 Å². The molecule has 6 heteroatoms. The lowest BCUT2D eigenvalue weighted by Gasteiger charge is -2.05. The van der Waals surface area contributed by atoms with Crippen LogP contribution in [0.1, 0.15) is 24.6 Å². The van der Waals surface area contributed by atoms with E-state index in [1.165, 1.54) is 11.8 Å². The SMILES string of the molecule is CCCc1cc(=O)[nH]c(SCc2ccc(Cl)c(N)c2)n1. The summed E-state index contributed by atoms with van der Waals surface area (Å²) in [6, 6.07) is 7.08. The molecule has 0 unspecified atom stereocenters. The van der Waals surface area contributed by atoms with Gasteiger partial charge in [0.05, 0.1) is 10.7 Å². The lowest BCUT2D eigenvalue weighted by molar-refractivity contribution is 0.816. The van der Waals surface area contributed by atoms with Gasteiger partial charge in [-0.05, 0) is 24.1 Å². The number of rotatable bonds is 5. The van der Waals surface area contributed by atoms with Crippen molar-refractivity contribution in [2.75, 3.05) is 5.73 Å². The van der Waals surface area contributed by atoms with E-state index in [-0.39, 0.29) is 5.56 Å². The van der Waals surface area contributed by atoms with E-state index in [0.29, 0.717) is 21.6 Å². The molecule has 0 saturated heterocycles. The number of nitrogens with zero attached hydrogens (tertiary/aromatic N) is 1. The maximum absolute atomic E-state index is 11.5. The first-order valence-electron chi connectivity index (χ1n) is 6.35. The monoisotopic (exact) mass is 309 g/mol. The Morgan fingerprint density at radius 1 is 1.40 bits per heavy atom. The second-order valence-corrected chi connectivity index (χ2v) is 5.81. The van der Waals surface area contributed by atoms with Crippen LogP contribution in [0.25, 0.3) is 0 Å². The molecule has 106 valence electrons. The Kier molecular flexibility index (Phi) is 5.09. The predicted molar refractivity (Wildman–Crippen MR) is 84.3 cm³/mol. The topological polar surface area (TPSA) is 71.8 Å². The van der Waals surface area contributed by atoms with E-state index in [2.05, 4.69) is 16.9 Å². The van der Waals surface area contributed by atoms with E-state index in [1.807, 2.05) is 12.1 Å². The number of anilines is 1. The Morgan fingerprint density at radius 3 is 2.90 bits per heavy atom. The number of thioether (sulfide) groups is 1. The van der Waals surface area contributed by atoms with Gasteiger partial charge in [-0.1, -0.05) is 42.8 Å². The van der Waals surface area contributed by atoms with Crippen LogP contribution in [0.5, 0.6) is 0 Å². The zero-order valence-electron chi connectivity index (χ0n) is 11.1. The number of aromatic amines is 1. The van der Waals surface area contributed by atoms with Gasteiger partial charge in [-0.3, -0.25) is 4.79 Å². The Hall–Kier alpha value is -1.46. The van der Waals surface area contributed by atoms with Crippen LogP contribution in [0.4, 0.5) is 5.69 Å². The Bertz CT molecular complexity index is 657. The van der Waals surface area contributed by atoms with Gasteiger partial charge in [0, 0.05) is 17.5 Å². The second kappa shape index (κ2) is 6.81. The third-order valence-electron chi connectivity index (χ3n) is 2.72. The average Bonchev–Trinajstić information content (AvgIpc) is 2.40. The van der Waals surface area contributed by atoms with Crippen molar-refractivity contribution in [3.8, 4) is 0 Å². The third-order valence-corrected chi connectivity index (χ3v) is 4.00. The molecule has 0 aliphatic rings. The Labute approximate surface area is 126 Å². The molecule has 1 heterocycles. The van der Waals surface area contributed by atoms with Gasteiger partial charge in [0.25, 0.3) is 5.56 Å². The molecule has 0 fully saturated rings. The molecule has 0 saturated carbocycles. The number of nitrogens with two attached hydrogens (primary N) is 1. The van der Waals surface area contributed by atoms with Crippen LogP contribution in [-0.4, -0.2) is 9.97 Å². The number of hydrogen-bond acceptors (Lipinski definition) is 4. The normalized spacial score (nSPS) is 10.7. The summed E-state index contributed by atoms with van der Waals surface area (Å²) in [6.45, 7) is 2.06. The van der Waals surface area contributed by atoms with Gasteiger partial charge < -0.3 is 10.7 Å². The van der Waals surface area contributed by atoms with E-state index < -0.39 is 0 Å². The number of nitrogen functional groups attached to an aromatic ring is 1. The number of aromatic nitrogens is 2. The lowest BCUT2D eigenvalue weighted by atomic mass is 10.2. The van der Waals surface area contributed by atoms with Crippen LogP contribution in [0.2, 0.25) is 5.02 Å². The summed E-state index contributed by atoms with van der Waals surface area (Å²) >= 11 is 7.36. The van der Waals surface area contributed by atoms with Crippen molar-refractivity contribution in [3.05, 3.63) is 50.9 Å². The molecule has 2 aromatic rings. The lowest BCUT2D eigenvalue weighted by Crippen LogP contribution is -2.09. The quantitative estimate of drug-likeness (QED) is 0.505. The fourth-order valence-corrected chi connectivity index (χ4v) is 2.73. The number of H-pyrrole nitrogens is 1. The molecule has 0 amide bonds. The fourth-order valence-electron chi connectivity index (χ4n) is 1.77. The van der Waals surface area contributed by atoms with Gasteiger partial charge in [-0.25, -0.2) is 4.98 Å². The molecule has 0 bridgehead atoms. The number of nitrogens with one attached hydrogen (secondary N) is 1. The first-order chi connectivity index (χ1) is 9.58. The second-order valence-electron chi connectivity index (χ2n) is 4.44. The maximum atomic E-state index is 11.5. The minimum Gasteiger partial charge on any atom is -0.398 e. The van der Waals surface area contributed by atoms with Crippen molar-refractivity contribution in [1.29, 1.82) is 0 Å². The van der Waals surface area contributed by atoms with Gasteiger partial charge in [0.1, 0.15) is 0 Å². The zero-order chi connectivity index (χ0) is 14.5. The minimum atomic E-state index is -0.110. The largest absolute Gasteiger partial charge is 0.398 e. The van der Waals surface area contributed by atoms with E-state index in [0.717, 1.165) is 24.1 Å². The molecule has 2 rings (SSSR count). The molecular formula is C14H16ClN3OS. The summed E-state index contributed by atoms with van der Waals surface area (Å²) in [5, 5.41) is 1.18. The number of aryl methyl sites for hydroxylation is 1. The number of benzene rings is 1. The highest BCUT2D eigenvalue weighted by Crippen LogP contribution is 2.24. The van der Waals surface area contributed by atoms with Crippen molar-refractivity contribution >= 4 is 29.1 Å². The highest BCUT2D eigenvalue weighted by Gasteiger charge is 2.04. The van der Waals surface area contributed by atoms with Crippen LogP contribution in [-0.2, 0) is 12.2 Å². The molecular weight excluding hydrogens is 294 g/mol. The van der Waals surface area contributed by atoms with Crippen molar-refractivity contribution in [3.63, 3.8) is 0 Å². The number of halogens is 1. The van der Waals surface area contributed by atoms with Crippen LogP contribution >= 0.6 is 23.4 Å². The minimum absolute atomic E-state index is 0.110. The standard InChI is InChI=1S/C14H16ClN3OS/c1-2-3-10-7-13(19)18-14(17-10)20-8-9-4-5-11(15)12(16)6-9/h4-7H,2-3,8,16H2,1H3,(H,17,18,19). The maximum Gasteiger partial charge on any atom is 0.251 e. The summed E-state index contributed by atoms with van der Waals surface area (Å²) in [4.78, 5) is 18.7. The van der Waals surface area contributed by atoms with Gasteiger partial charge >= 0.3 is 0 Å². The van der Waals surface area contributed by atoms with Crippen molar-refractivity contribution in [1.82, 2.24) is 9.97 Å². The van der Waals surface area contributed by atoms with Crippen molar-refractivity contribution < 1.29 is 0 Å². The Balaban J connectivity index is 2.10. The molecule has 1 aromatic heterocycles. The molecule has 0 aliphatic carbocycles. The molecule has 1 aromatic carbocycles. The summed E-state index contributed by atoms with van der Waals surface area (Å²) < 4.78 is 0. The first-order valence-corrected chi connectivity index (χ1v) is 7.71. The molecule has 0 spiro atoms. The van der Waals surface area contributed by atoms with Crippen LogP contribution < -0.4 is 11.3 Å². The molecule has 0 atom stereocenters. The predicted octanol–water partition coefficient (Wildman–Crippen LogP) is 3.25. The summed E-state index contributed by atoms with van der Waals surface area (Å²) in [5.74, 6) is 0.680. The van der Waals surface area contributed by atoms with Crippen LogP contribution in [0.3, 0.4) is 0 Å². The molecule has 20 heavy (non-hydrogen) atoms. The van der Waals surface area contributed by atoms with E-state index in [4.69, 9.17) is 17.3 Å². The smallest absolute Gasteiger partial charge is 0.251 e. The molecule has 3 N–H and O–H groups in total. The highest BCUT2D eigenvalue weighted by atomic mass is 35.5. The molecule has 0 radical (unpaired) electrons. The summed E-state index contributed by atoms with van der Waals surface area (Å²) in [7, 11) is 0. The van der Waals surface area contributed by atoms with Crippen molar-refractivity contribution in [2.24, 2.45) is 0 Å². The number of hydrogen-bond donors (Lipinski definition) is 2. The third kappa shape index (κ3) is 4.02. The fraction of sp³-hybridized carbons (Fsp3) is 0.286. The van der Waals surface area contributed by atoms with Gasteiger partial charge in [0.2, 0.25) is 0 Å².